The number of nitrogens with zero attached hydrogens (tertiary/aromatic N) is 4. The first-order chi connectivity index (χ1) is 12.6. The number of carbonyl (C=O) groups is 1. The topological polar surface area (TPSA) is 90.7 Å². The molecule has 0 aliphatic carbocycles. The number of azo groups is 1. The molecule has 0 fully saturated rings. The number of hydrogen-bond donors (Lipinski definition) is 1. The molecule has 3 aromatic rings. The van der Waals surface area contributed by atoms with Gasteiger partial charge in [-0.3, -0.25) is 4.79 Å². The fourth-order valence-corrected chi connectivity index (χ4v) is 2.91. The molecule has 0 aliphatic heterocycles. The minimum atomic E-state index is -0.587. The lowest BCUT2D eigenvalue weighted by atomic mass is 10.2. The highest BCUT2D eigenvalue weighted by molar-refractivity contribution is 6.33. The number of para-hydroxylation sites is 1. The van der Waals surface area contributed by atoms with Crippen molar-refractivity contribution in [3.05, 3.63) is 59.1 Å². The van der Waals surface area contributed by atoms with Crippen LogP contribution >= 0.6 is 11.6 Å². The maximum absolute atomic E-state index is 12.2. The summed E-state index contributed by atoms with van der Waals surface area (Å²) in [5, 5.41) is 27.9. The molecule has 0 spiro atoms. The molecule has 26 heavy (non-hydrogen) atoms. The van der Waals surface area contributed by atoms with Crippen molar-refractivity contribution < 1.29 is 9.90 Å². The minimum Gasteiger partial charge on any atom is -0.493 e. The molecule has 1 amide bonds. The number of halogens is 1. The first-order valence-corrected chi connectivity index (χ1v) is 8.39. The third-order valence-electron chi connectivity index (χ3n) is 3.93. The van der Waals surface area contributed by atoms with Crippen molar-refractivity contribution in [1.29, 1.82) is 5.26 Å². The Morgan fingerprint density at radius 3 is 2.69 bits per heavy atom. The van der Waals surface area contributed by atoms with Gasteiger partial charge in [-0.05, 0) is 24.6 Å². The van der Waals surface area contributed by atoms with Crippen LogP contribution in [0.15, 0.2) is 58.8 Å². The predicted molar refractivity (Wildman–Crippen MR) is 98.7 cm³/mol. The fourth-order valence-electron chi connectivity index (χ4n) is 2.70. The lowest BCUT2D eigenvalue weighted by molar-refractivity contribution is 0.0995. The van der Waals surface area contributed by atoms with E-state index in [4.69, 9.17) is 16.9 Å². The van der Waals surface area contributed by atoms with E-state index in [0.29, 0.717) is 29.8 Å². The Morgan fingerprint density at radius 1 is 1.19 bits per heavy atom. The van der Waals surface area contributed by atoms with Gasteiger partial charge >= 0.3 is 0 Å². The Morgan fingerprint density at radius 2 is 1.92 bits per heavy atom. The van der Waals surface area contributed by atoms with Crippen molar-refractivity contribution in [2.75, 3.05) is 0 Å². The van der Waals surface area contributed by atoms with Crippen molar-refractivity contribution in [1.82, 2.24) is 4.57 Å². The first-order valence-electron chi connectivity index (χ1n) is 8.01. The highest BCUT2D eigenvalue weighted by Gasteiger charge is 2.17. The molecule has 1 aromatic heterocycles. The zero-order chi connectivity index (χ0) is 18.5. The molecule has 0 bridgehead atoms. The van der Waals surface area contributed by atoms with Gasteiger partial charge in [0.2, 0.25) is 5.88 Å². The molecule has 1 heterocycles. The molecule has 0 aliphatic rings. The summed E-state index contributed by atoms with van der Waals surface area (Å²) in [7, 11) is 0. The number of fused-ring (bicyclic) bond motifs is 1. The first kappa shape index (κ1) is 17.6. The van der Waals surface area contributed by atoms with Gasteiger partial charge in [-0.25, -0.2) is 0 Å². The molecule has 0 atom stereocenters. The molecule has 7 heteroatoms. The van der Waals surface area contributed by atoms with Crippen LogP contribution in [0.4, 0.5) is 5.69 Å². The average molecular weight is 367 g/mol. The Bertz CT molecular complexity index is 1030. The van der Waals surface area contributed by atoms with E-state index >= 15 is 0 Å². The van der Waals surface area contributed by atoms with Gasteiger partial charge in [0.05, 0.1) is 22.2 Å². The molecule has 2 aromatic carbocycles. The fraction of sp³-hybridized carbons (Fsp3) is 0.158. The Labute approximate surface area is 155 Å². The Kier molecular flexibility index (Phi) is 5.30. The second kappa shape index (κ2) is 7.81. The van der Waals surface area contributed by atoms with Crippen LogP contribution in [-0.4, -0.2) is 15.6 Å². The van der Waals surface area contributed by atoms with E-state index in [1.54, 1.807) is 34.9 Å². The van der Waals surface area contributed by atoms with Gasteiger partial charge in [-0.2, -0.15) is 5.26 Å². The van der Waals surface area contributed by atoms with Crippen LogP contribution in [0, 0.1) is 11.3 Å². The van der Waals surface area contributed by atoms with Crippen molar-refractivity contribution in [3.8, 4) is 11.9 Å². The van der Waals surface area contributed by atoms with Crippen molar-refractivity contribution in [3.63, 3.8) is 0 Å². The molecule has 6 nitrogen and oxygen atoms in total. The summed E-state index contributed by atoms with van der Waals surface area (Å²) in [6.07, 6.45) is 0.978. The summed E-state index contributed by atoms with van der Waals surface area (Å²) in [4.78, 5) is 12.2. The lowest BCUT2D eigenvalue weighted by Crippen LogP contribution is -1.96. The van der Waals surface area contributed by atoms with Crippen LogP contribution in [0.5, 0.6) is 5.88 Å². The van der Waals surface area contributed by atoms with Crippen molar-refractivity contribution in [2.24, 2.45) is 10.2 Å². The Hall–Kier alpha value is -3.17. The van der Waals surface area contributed by atoms with E-state index in [1.165, 1.54) is 0 Å². The number of aromatic nitrogens is 1. The largest absolute Gasteiger partial charge is 0.493 e. The number of aryl methyl sites for hydroxylation is 1. The van der Waals surface area contributed by atoms with Crippen LogP contribution in [0.2, 0.25) is 5.02 Å². The number of amides is 1. The third kappa shape index (κ3) is 3.44. The van der Waals surface area contributed by atoms with Crippen molar-refractivity contribution in [2.45, 2.75) is 19.4 Å². The molecule has 3 rings (SSSR count). The van der Waals surface area contributed by atoms with E-state index < -0.39 is 5.91 Å². The summed E-state index contributed by atoms with van der Waals surface area (Å²) in [6, 6.07) is 16.0. The minimum absolute atomic E-state index is 0.0835. The summed E-state index contributed by atoms with van der Waals surface area (Å²) >= 11 is 6.00. The summed E-state index contributed by atoms with van der Waals surface area (Å²) in [5.41, 5.74) is 1.23. The van der Waals surface area contributed by atoms with E-state index in [-0.39, 0.29) is 17.1 Å². The summed E-state index contributed by atoms with van der Waals surface area (Å²) < 4.78 is 1.67. The summed E-state index contributed by atoms with van der Waals surface area (Å²) in [6.45, 7) is 0.466. The normalized spacial score (nSPS) is 11.1. The monoisotopic (exact) mass is 366 g/mol. The van der Waals surface area contributed by atoms with Gasteiger partial charge < -0.3 is 9.67 Å². The summed E-state index contributed by atoms with van der Waals surface area (Å²) in [5.74, 6) is -0.670. The smallest absolute Gasteiger partial charge is 0.296 e. The lowest BCUT2D eigenvalue weighted by Gasteiger charge is -2.04. The highest BCUT2D eigenvalue weighted by atomic mass is 35.5. The molecular weight excluding hydrogens is 352 g/mol. The number of rotatable bonds is 5. The maximum atomic E-state index is 12.2. The van der Waals surface area contributed by atoms with E-state index in [9.17, 15) is 9.90 Å². The quantitative estimate of drug-likeness (QED) is 0.495. The number of aromatic hydroxyl groups is 1. The number of nitriles is 1. The van der Waals surface area contributed by atoms with Crippen LogP contribution < -0.4 is 0 Å². The molecule has 0 unspecified atom stereocenters. The standard InChI is InChI=1S/C19H15ClN4O2/c20-15-9-3-1-7-13(15)18(25)23-22-17-14-8-2-4-10-16(14)24(19(17)26)12-6-5-11-21/h1-4,7-10,26H,5-6,12H2. The number of hydrogen-bond acceptors (Lipinski definition) is 4. The molecule has 130 valence electrons. The third-order valence-corrected chi connectivity index (χ3v) is 4.26. The van der Waals surface area contributed by atoms with Crippen molar-refractivity contribution >= 4 is 34.1 Å². The number of carbonyl (C=O) groups excluding carboxylic acids is 1. The number of unbranched alkanes of at least 4 members (excludes halogenated alkanes) is 1. The molecular formula is C19H15ClN4O2. The SMILES string of the molecule is N#CCCCn1c(O)c(N=NC(=O)c2ccccc2Cl)c2ccccc21. The van der Waals surface area contributed by atoms with Crippen LogP contribution in [0.3, 0.4) is 0 Å². The molecule has 0 radical (unpaired) electrons. The maximum Gasteiger partial charge on any atom is 0.296 e. The van der Waals surface area contributed by atoms with Crippen LogP contribution in [-0.2, 0) is 6.54 Å². The van der Waals surface area contributed by atoms with E-state index in [1.807, 2.05) is 18.2 Å². The van der Waals surface area contributed by atoms with Gasteiger partial charge in [0, 0.05) is 18.4 Å². The van der Waals surface area contributed by atoms with Crippen LogP contribution in [0.25, 0.3) is 10.9 Å². The second-order valence-electron chi connectivity index (χ2n) is 5.59. The number of benzene rings is 2. The Balaban J connectivity index is 1.97. The molecule has 0 saturated heterocycles. The zero-order valence-corrected chi connectivity index (χ0v) is 14.5. The predicted octanol–water partition coefficient (Wildman–Crippen LogP) is 5.23. The molecule has 1 N–H and O–H groups in total. The van der Waals surface area contributed by atoms with Gasteiger partial charge in [0.15, 0.2) is 5.69 Å². The van der Waals surface area contributed by atoms with Gasteiger partial charge in [-0.1, -0.05) is 41.9 Å². The van der Waals surface area contributed by atoms with Gasteiger partial charge in [0.1, 0.15) is 0 Å². The van der Waals surface area contributed by atoms with E-state index in [0.717, 1.165) is 5.52 Å². The zero-order valence-electron chi connectivity index (χ0n) is 13.8. The second-order valence-corrected chi connectivity index (χ2v) is 5.99. The van der Waals surface area contributed by atoms with E-state index in [2.05, 4.69) is 16.3 Å². The van der Waals surface area contributed by atoms with Gasteiger partial charge in [0.25, 0.3) is 5.91 Å². The van der Waals surface area contributed by atoms with Gasteiger partial charge in [-0.15, -0.1) is 10.2 Å². The highest BCUT2D eigenvalue weighted by Crippen LogP contribution is 2.39. The van der Waals surface area contributed by atoms with Crippen LogP contribution in [0.1, 0.15) is 23.2 Å². The average Bonchev–Trinajstić information content (AvgIpc) is 2.92. The molecule has 0 saturated carbocycles.